The van der Waals surface area contributed by atoms with Crippen LogP contribution in [0.1, 0.15) is 31.9 Å². The van der Waals surface area contributed by atoms with E-state index in [2.05, 4.69) is 0 Å². The topological polar surface area (TPSA) is 59.3 Å². The van der Waals surface area contributed by atoms with Crippen LogP contribution >= 0.6 is 0 Å². The molecule has 25 heavy (non-hydrogen) atoms. The number of esters is 1. The van der Waals surface area contributed by atoms with Crippen molar-refractivity contribution in [2.45, 2.75) is 32.8 Å². The molecule has 130 valence electrons. The molecular weight excluding hydrogens is 328 g/mol. The van der Waals surface area contributed by atoms with E-state index in [1.807, 2.05) is 6.07 Å². The van der Waals surface area contributed by atoms with Crippen LogP contribution in [0.4, 0.5) is 8.78 Å². The summed E-state index contributed by atoms with van der Waals surface area (Å²) >= 11 is 0. The van der Waals surface area contributed by atoms with Gasteiger partial charge < -0.3 is 9.47 Å². The molecule has 2 aromatic rings. The van der Waals surface area contributed by atoms with Gasteiger partial charge in [-0.25, -0.2) is 8.78 Å². The smallest absolute Gasteiger partial charge is 0.303 e. The maximum absolute atomic E-state index is 13.6. The summed E-state index contributed by atoms with van der Waals surface area (Å²) in [6.45, 7) is 4.89. The van der Waals surface area contributed by atoms with E-state index in [0.717, 1.165) is 11.6 Å². The Hall–Kier alpha value is -2.94. The minimum Gasteiger partial charge on any atom is -0.460 e. The Morgan fingerprint density at radius 1 is 1.24 bits per heavy atom. The zero-order chi connectivity index (χ0) is 18.6. The number of rotatable bonds is 5. The Morgan fingerprint density at radius 2 is 1.96 bits per heavy atom. The molecule has 0 saturated carbocycles. The molecule has 0 amide bonds. The lowest BCUT2D eigenvalue weighted by molar-refractivity contribution is -0.153. The number of carbonyl (C=O) groups excluding carboxylic acids is 1. The molecule has 0 saturated heterocycles. The Morgan fingerprint density at radius 3 is 2.60 bits per heavy atom. The van der Waals surface area contributed by atoms with Crippen LogP contribution in [0.5, 0.6) is 11.5 Å². The molecule has 0 aliphatic rings. The molecular formula is C19H17F2NO3. The lowest BCUT2D eigenvalue weighted by Gasteiger charge is -2.24. The molecule has 0 fully saturated rings. The van der Waals surface area contributed by atoms with Crippen LogP contribution in [0, 0.1) is 23.0 Å². The minimum atomic E-state index is -0.982. The molecule has 0 aromatic heterocycles. The Bertz CT molecular complexity index is 841. The van der Waals surface area contributed by atoms with Gasteiger partial charge in [0.1, 0.15) is 34.6 Å². The molecule has 2 aromatic carbocycles. The number of halogens is 2. The first-order chi connectivity index (χ1) is 11.7. The molecule has 0 N–H and O–H groups in total. The summed E-state index contributed by atoms with van der Waals surface area (Å²) in [7, 11) is 0. The zero-order valence-electron chi connectivity index (χ0n) is 14.1. The van der Waals surface area contributed by atoms with Gasteiger partial charge >= 0.3 is 5.97 Å². The van der Waals surface area contributed by atoms with Gasteiger partial charge in [-0.2, -0.15) is 5.26 Å². The second-order valence-electron chi connectivity index (χ2n) is 6.15. The highest BCUT2D eigenvalue weighted by atomic mass is 19.1. The maximum atomic E-state index is 13.6. The molecule has 0 aliphatic heterocycles. The number of hydrogen-bond acceptors (Lipinski definition) is 4. The van der Waals surface area contributed by atoms with Gasteiger partial charge in [-0.1, -0.05) is 12.1 Å². The summed E-state index contributed by atoms with van der Waals surface area (Å²) in [5.74, 6) is -2.08. The van der Waals surface area contributed by atoms with Crippen molar-refractivity contribution in [2.24, 2.45) is 0 Å². The van der Waals surface area contributed by atoms with Crippen molar-refractivity contribution in [1.29, 1.82) is 5.26 Å². The van der Waals surface area contributed by atoms with E-state index in [-0.39, 0.29) is 17.3 Å². The van der Waals surface area contributed by atoms with Crippen molar-refractivity contribution in [3.8, 4) is 17.6 Å². The highest BCUT2D eigenvalue weighted by molar-refractivity contribution is 5.66. The maximum Gasteiger partial charge on any atom is 0.303 e. The van der Waals surface area contributed by atoms with Gasteiger partial charge in [0, 0.05) is 25.5 Å². The first-order valence-electron chi connectivity index (χ1n) is 7.56. The molecule has 0 aliphatic carbocycles. The quantitative estimate of drug-likeness (QED) is 0.748. The zero-order valence-corrected chi connectivity index (χ0v) is 14.1. The van der Waals surface area contributed by atoms with Crippen LogP contribution in [0.15, 0.2) is 36.4 Å². The average Bonchev–Trinajstić information content (AvgIpc) is 2.45. The summed E-state index contributed by atoms with van der Waals surface area (Å²) < 4.78 is 37.8. The Labute approximate surface area is 144 Å². The fourth-order valence-electron chi connectivity index (χ4n) is 2.50. The van der Waals surface area contributed by atoms with E-state index in [0.29, 0.717) is 18.2 Å². The van der Waals surface area contributed by atoms with Crippen LogP contribution in [0.25, 0.3) is 0 Å². The van der Waals surface area contributed by atoms with E-state index in [1.54, 1.807) is 38.1 Å². The third-order valence-corrected chi connectivity index (χ3v) is 3.31. The van der Waals surface area contributed by atoms with E-state index < -0.39 is 17.2 Å². The first kappa shape index (κ1) is 18.4. The van der Waals surface area contributed by atoms with Gasteiger partial charge in [-0.3, -0.25) is 4.79 Å². The third kappa shape index (κ3) is 5.01. The van der Waals surface area contributed by atoms with Crippen LogP contribution in [-0.4, -0.2) is 11.6 Å². The van der Waals surface area contributed by atoms with Gasteiger partial charge in [-0.05, 0) is 31.5 Å². The highest BCUT2D eigenvalue weighted by Crippen LogP contribution is 2.29. The van der Waals surface area contributed by atoms with Crippen molar-refractivity contribution in [2.75, 3.05) is 0 Å². The highest BCUT2D eigenvalue weighted by Gasteiger charge is 2.22. The van der Waals surface area contributed by atoms with Crippen LogP contribution in [0.3, 0.4) is 0 Å². The van der Waals surface area contributed by atoms with E-state index in [4.69, 9.17) is 14.7 Å². The third-order valence-electron chi connectivity index (χ3n) is 3.31. The predicted molar refractivity (Wildman–Crippen MR) is 87.1 cm³/mol. The molecule has 0 spiro atoms. The van der Waals surface area contributed by atoms with Gasteiger partial charge in [-0.15, -0.1) is 0 Å². The van der Waals surface area contributed by atoms with Crippen LogP contribution in [0.2, 0.25) is 0 Å². The lowest BCUT2D eigenvalue weighted by Crippen LogP contribution is -2.29. The summed E-state index contributed by atoms with van der Waals surface area (Å²) in [5, 5.41) is 9.02. The normalized spacial score (nSPS) is 10.9. The molecule has 0 bridgehead atoms. The molecule has 6 heteroatoms. The SMILES string of the molecule is CC(=O)OC(C)(C)Cc1cccc(Oc2cc(F)cc(F)c2C#N)c1. The van der Waals surface area contributed by atoms with Crippen molar-refractivity contribution in [1.82, 2.24) is 0 Å². The number of ether oxygens (including phenoxy) is 2. The molecule has 0 unspecified atom stereocenters. The monoisotopic (exact) mass is 345 g/mol. The average molecular weight is 345 g/mol. The van der Waals surface area contributed by atoms with Gasteiger partial charge in [0.15, 0.2) is 5.75 Å². The summed E-state index contributed by atoms with van der Waals surface area (Å²) in [5.41, 5.74) is -0.279. The molecule has 2 rings (SSSR count). The molecule has 0 atom stereocenters. The largest absolute Gasteiger partial charge is 0.460 e. The molecule has 0 heterocycles. The second kappa shape index (κ2) is 7.31. The van der Waals surface area contributed by atoms with Crippen LogP contribution in [-0.2, 0) is 16.0 Å². The summed E-state index contributed by atoms with van der Waals surface area (Å²) in [4.78, 5) is 11.1. The minimum absolute atomic E-state index is 0.198. The van der Waals surface area contributed by atoms with E-state index >= 15 is 0 Å². The van der Waals surface area contributed by atoms with Gasteiger partial charge in [0.25, 0.3) is 0 Å². The molecule has 0 radical (unpaired) electrons. The summed E-state index contributed by atoms with van der Waals surface area (Å²) in [6, 6.07) is 10.0. The number of carbonyl (C=O) groups is 1. The second-order valence-corrected chi connectivity index (χ2v) is 6.15. The summed E-state index contributed by atoms with van der Waals surface area (Å²) in [6.07, 6.45) is 0.423. The fourth-order valence-corrected chi connectivity index (χ4v) is 2.50. The van der Waals surface area contributed by atoms with E-state index in [1.165, 1.54) is 6.92 Å². The van der Waals surface area contributed by atoms with Crippen molar-refractivity contribution >= 4 is 5.97 Å². The first-order valence-corrected chi connectivity index (χ1v) is 7.56. The lowest BCUT2D eigenvalue weighted by atomic mass is 9.98. The van der Waals surface area contributed by atoms with Crippen molar-refractivity contribution in [3.63, 3.8) is 0 Å². The molecule has 4 nitrogen and oxygen atoms in total. The Kier molecular flexibility index (Phi) is 5.38. The van der Waals surface area contributed by atoms with Gasteiger partial charge in [0.2, 0.25) is 0 Å². The number of benzene rings is 2. The number of nitriles is 1. The van der Waals surface area contributed by atoms with E-state index in [9.17, 15) is 13.6 Å². The fraction of sp³-hybridized carbons (Fsp3) is 0.263. The van der Waals surface area contributed by atoms with Crippen molar-refractivity contribution < 1.29 is 23.0 Å². The number of hydrogen-bond donors (Lipinski definition) is 0. The van der Waals surface area contributed by atoms with Crippen LogP contribution < -0.4 is 4.74 Å². The van der Waals surface area contributed by atoms with Gasteiger partial charge in [0.05, 0.1) is 0 Å². The number of nitrogens with zero attached hydrogens (tertiary/aromatic N) is 1. The predicted octanol–water partition coefficient (Wildman–Crippen LogP) is 4.51. The standard InChI is InChI=1S/C19H17F2NO3/c1-12(23)25-19(2,3)10-13-5-4-6-15(7-13)24-18-9-14(20)8-17(21)16(18)11-22/h4-9H,10H2,1-3H3. The van der Waals surface area contributed by atoms with Crippen molar-refractivity contribution in [3.05, 3.63) is 59.2 Å². The Balaban J connectivity index is 2.26.